The van der Waals surface area contributed by atoms with Gasteiger partial charge in [0, 0.05) is 0 Å². The van der Waals surface area contributed by atoms with Crippen LogP contribution < -0.4 is 5.73 Å². The Morgan fingerprint density at radius 2 is 1.80 bits per heavy atom. The molecule has 64 valence electrons. The predicted molar refractivity (Wildman–Crippen MR) is 49.1 cm³/mol. The second kappa shape index (κ2) is 11.7. The monoisotopic (exact) mass is 145 g/mol. The van der Waals surface area contributed by atoms with Gasteiger partial charge in [-0.05, 0) is 25.3 Å². The molecule has 0 saturated carbocycles. The van der Waals surface area contributed by atoms with Gasteiger partial charge in [-0.1, -0.05) is 34.1 Å². The lowest BCUT2D eigenvalue weighted by atomic mass is 10.0. The fraction of sp³-hybridized carbons (Fsp3) is 1.00. The molecule has 2 N–H and O–H groups in total. The molecule has 1 nitrogen and oxygen atoms in total. The highest BCUT2D eigenvalue weighted by Crippen LogP contribution is 2.07. The summed E-state index contributed by atoms with van der Waals surface area (Å²) in [5, 5.41) is 0. The maximum atomic E-state index is 5.33. The summed E-state index contributed by atoms with van der Waals surface area (Å²) in [6, 6.07) is 0. The van der Waals surface area contributed by atoms with Gasteiger partial charge in [0.1, 0.15) is 0 Å². The van der Waals surface area contributed by atoms with Crippen LogP contribution in [0.25, 0.3) is 0 Å². The third kappa shape index (κ3) is 10.9. The smallest absolute Gasteiger partial charge is 0.00772 e. The summed E-state index contributed by atoms with van der Waals surface area (Å²) in [4.78, 5) is 0. The van der Waals surface area contributed by atoms with Crippen molar-refractivity contribution in [2.24, 2.45) is 11.7 Å². The Labute approximate surface area is 66.0 Å². The zero-order chi connectivity index (χ0) is 8.41. The Morgan fingerprint density at radius 1 is 1.30 bits per heavy atom. The Hall–Kier alpha value is -0.0400. The van der Waals surface area contributed by atoms with Crippen LogP contribution in [0.3, 0.4) is 0 Å². The molecule has 0 aromatic rings. The average molecular weight is 145 g/mol. The van der Waals surface area contributed by atoms with Crippen LogP contribution in [0, 0.1) is 5.92 Å². The number of hydrogen-bond donors (Lipinski definition) is 1. The van der Waals surface area contributed by atoms with Crippen molar-refractivity contribution in [3.63, 3.8) is 0 Å². The van der Waals surface area contributed by atoms with Crippen molar-refractivity contribution in [3.05, 3.63) is 0 Å². The van der Waals surface area contributed by atoms with E-state index in [1.165, 1.54) is 19.3 Å². The molecule has 0 aliphatic carbocycles. The van der Waals surface area contributed by atoms with Gasteiger partial charge < -0.3 is 5.73 Å². The van der Waals surface area contributed by atoms with Crippen molar-refractivity contribution in [1.82, 2.24) is 0 Å². The number of hydrogen-bond acceptors (Lipinski definition) is 1. The van der Waals surface area contributed by atoms with Crippen molar-refractivity contribution < 1.29 is 0 Å². The molecule has 0 bridgehead atoms. The van der Waals surface area contributed by atoms with Gasteiger partial charge in [0.25, 0.3) is 0 Å². The minimum absolute atomic E-state index is 0.852. The largest absolute Gasteiger partial charge is 0.330 e. The Bertz CT molecular complexity index is 44.0. The van der Waals surface area contributed by atoms with Gasteiger partial charge in [-0.15, -0.1) is 0 Å². The van der Waals surface area contributed by atoms with Crippen molar-refractivity contribution in [2.75, 3.05) is 6.54 Å². The molecule has 0 fully saturated rings. The van der Waals surface area contributed by atoms with Crippen molar-refractivity contribution in [3.8, 4) is 0 Å². The lowest BCUT2D eigenvalue weighted by Gasteiger charge is -2.04. The van der Waals surface area contributed by atoms with E-state index in [1.807, 2.05) is 13.8 Å². The van der Waals surface area contributed by atoms with E-state index >= 15 is 0 Å². The first-order valence-corrected chi connectivity index (χ1v) is 4.51. The highest BCUT2D eigenvalue weighted by molar-refractivity contribution is 4.49. The van der Waals surface area contributed by atoms with E-state index in [1.54, 1.807) is 0 Å². The van der Waals surface area contributed by atoms with Crippen LogP contribution in [0.5, 0.6) is 0 Å². The molecular weight excluding hydrogens is 122 g/mol. The molecule has 1 atom stereocenters. The number of nitrogens with two attached hydrogens (primary N) is 1. The van der Waals surface area contributed by atoms with Gasteiger partial charge in [0.2, 0.25) is 0 Å². The molecule has 0 aromatic carbocycles. The van der Waals surface area contributed by atoms with E-state index in [0.29, 0.717) is 0 Å². The lowest BCUT2D eigenvalue weighted by Crippen LogP contribution is -2.01. The van der Waals surface area contributed by atoms with E-state index in [0.717, 1.165) is 12.5 Å². The average Bonchev–Trinajstić information content (AvgIpc) is 2.04. The fourth-order valence-corrected chi connectivity index (χ4v) is 0.670. The maximum absolute atomic E-state index is 5.33. The highest BCUT2D eigenvalue weighted by atomic mass is 14.5. The molecule has 1 unspecified atom stereocenters. The van der Waals surface area contributed by atoms with Crippen molar-refractivity contribution in [1.29, 1.82) is 0 Å². The van der Waals surface area contributed by atoms with Crippen LogP contribution in [0.4, 0.5) is 0 Å². The van der Waals surface area contributed by atoms with E-state index in [-0.39, 0.29) is 0 Å². The summed E-state index contributed by atoms with van der Waals surface area (Å²) in [5.74, 6) is 0.874. The molecule has 0 spiro atoms. The molecule has 0 aromatic heterocycles. The third-order valence-electron chi connectivity index (χ3n) is 1.60. The zero-order valence-electron chi connectivity index (χ0n) is 7.98. The molecule has 0 heterocycles. The molecule has 0 rings (SSSR count). The Balaban J connectivity index is 0. The molecule has 10 heavy (non-hydrogen) atoms. The SMILES string of the molecule is CC.CCC(C)CCCN. The fourth-order valence-electron chi connectivity index (χ4n) is 0.670. The van der Waals surface area contributed by atoms with Gasteiger partial charge in [-0.2, -0.15) is 0 Å². The summed E-state index contributed by atoms with van der Waals surface area (Å²) in [6.07, 6.45) is 3.78. The predicted octanol–water partition coefficient (Wildman–Crippen LogP) is 2.80. The molecule has 0 radical (unpaired) electrons. The van der Waals surface area contributed by atoms with E-state index in [9.17, 15) is 0 Å². The summed E-state index contributed by atoms with van der Waals surface area (Å²) < 4.78 is 0. The van der Waals surface area contributed by atoms with Crippen LogP contribution >= 0.6 is 0 Å². The van der Waals surface area contributed by atoms with Crippen LogP contribution in [-0.2, 0) is 0 Å². The Morgan fingerprint density at radius 3 is 2.10 bits per heavy atom. The maximum Gasteiger partial charge on any atom is -0.00772 e. The second-order valence-corrected chi connectivity index (χ2v) is 2.44. The van der Waals surface area contributed by atoms with Crippen LogP contribution in [0.1, 0.15) is 47.0 Å². The first kappa shape index (κ1) is 12.6. The van der Waals surface area contributed by atoms with Gasteiger partial charge in [0.15, 0.2) is 0 Å². The third-order valence-corrected chi connectivity index (χ3v) is 1.60. The molecular formula is C9H23N. The van der Waals surface area contributed by atoms with Crippen LogP contribution in [0.2, 0.25) is 0 Å². The summed E-state index contributed by atoms with van der Waals surface area (Å²) in [7, 11) is 0. The van der Waals surface area contributed by atoms with Gasteiger partial charge in [0.05, 0.1) is 0 Å². The Kier molecular flexibility index (Phi) is 14.8. The topological polar surface area (TPSA) is 26.0 Å². The minimum Gasteiger partial charge on any atom is -0.330 e. The summed E-state index contributed by atoms with van der Waals surface area (Å²) in [5.41, 5.74) is 5.33. The first-order chi connectivity index (χ1) is 4.81. The van der Waals surface area contributed by atoms with E-state index in [2.05, 4.69) is 13.8 Å². The quantitative estimate of drug-likeness (QED) is 0.646. The minimum atomic E-state index is 0.852. The summed E-state index contributed by atoms with van der Waals surface area (Å²) in [6.45, 7) is 9.35. The first-order valence-electron chi connectivity index (χ1n) is 4.51. The zero-order valence-corrected chi connectivity index (χ0v) is 7.98. The van der Waals surface area contributed by atoms with Gasteiger partial charge in [-0.25, -0.2) is 0 Å². The molecule has 1 heteroatoms. The number of rotatable bonds is 4. The summed E-state index contributed by atoms with van der Waals surface area (Å²) >= 11 is 0. The van der Waals surface area contributed by atoms with Crippen molar-refractivity contribution in [2.45, 2.75) is 47.0 Å². The lowest BCUT2D eigenvalue weighted by molar-refractivity contribution is 0.499. The van der Waals surface area contributed by atoms with Crippen LogP contribution in [0.15, 0.2) is 0 Å². The molecule has 0 saturated heterocycles. The standard InChI is InChI=1S/C7H17N.C2H6/c1-3-7(2)5-4-6-8;1-2/h7H,3-6,8H2,1-2H3;1-2H3. The van der Waals surface area contributed by atoms with E-state index in [4.69, 9.17) is 5.73 Å². The van der Waals surface area contributed by atoms with Gasteiger partial charge >= 0.3 is 0 Å². The second-order valence-electron chi connectivity index (χ2n) is 2.44. The normalized spacial score (nSPS) is 11.7. The molecule has 0 amide bonds. The van der Waals surface area contributed by atoms with E-state index < -0.39 is 0 Å². The van der Waals surface area contributed by atoms with Crippen LogP contribution in [-0.4, -0.2) is 6.54 Å². The molecule has 0 aliphatic heterocycles. The highest BCUT2D eigenvalue weighted by Gasteiger charge is 1.94. The van der Waals surface area contributed by atoms with Crippen molar-refractivity contribution >= 4 is 0 Å². The molecule has 0 aliphatic rings. The van der Waals surface area contributed by atoms with Gasteiger partial charge in [-0.3, -0.25) is 0 Å².